The minimum absolute atomic E-state index is 0.306. The number of hydrogen-bond donors (Lipinski definition) is 2. The molecule has 0 spiro atoms. The van der Waals surface area contributed by atoms with Gasteiger partial charge < -0.3 is 21.1 Å². The van der Waals surface area contributed by atoms with E-state index in [2.05, 4.69) is 18.7 Å². The molecule has 0 aromatic heterocycles. The topological polar surface area (TPSA) is 81.6 Å². The number of carbonyl (C=O) groups excluding carboxylic acids is 1. The van der Waals surface area contributed by atoms with Crippen LogP contribution in [0, 0.1) is 0 Å². The summed E-state index contributed by atoms with van der Waals surface area (Å²) >= 11 is 0. The van der Waals surface area contributed by atoms with Gasteiger partial charge in [-0.1, -0.05) is 13.0 Å². The van der Waals surface area contributed by atoms with Crippen molar-refractivity contribution >= 4 is 17.3 Å². The molecule has 19 heavy (non-hydrogen) atoms. The molecule has 0 aliphatic rings. The summed E-state index contributed by atoms with van der Waals surface area (Å²) < 4.78 is 5.13. The number of nitrogen functional groups attached to an aromatic ring is 1. The summed E-state index contributed by atoms with van der Waals surface area (Å²) in [6.45, 7) is 5.55. The standard InChI is InChI=1S/C14H23N3O2/c1-4-10(2)17(8-9-19-3)12-7-5-6-11(13(12)15)14(16)18/h5-7,10H,4,8-9,15H2,1-3H3,(H2,16,18). The summed E-state index contributed by atoms with van der Waals surface area (Å²) in [5.41, 5.74) is 13.0. The molecular formula is C14H23N3O2. The van der Waals surface area contributed by atoms with E-state index in [-0.39, 0.29) is 0 Å². The Morgan fingerprint density at radius 2 is 2.16 bits per heavy atom. The third kappa shape index (κ3) is 3.61. The molecule has 0 saturated heterocycles. The molecule has 0 saturated carbocycles. The predicted molar refractivity (Wildman–Crippen MR) is 78.3 cm³/mol. The van der Waals surface area contributed by atoms with Crippen molar-refractivity contribution in [2.24, 2.45) is 5.73 Å². The maximum atomic E-state index is 11.3. The van der Waals surface area contributed by atoms with Gasteiger partial charge in [-0.3, -0.25) is 4.79 Å². The number of nitrogens with zero attached hydrogens (tertiary/aromatic N) is 1. The summed E-state index contributed by atoms with van der Waals surface area (Å²) in [5, 5.41) is 0. The van der Waals surface area contributed by atoms with Crippen LogP contribution in [0.4, 0.5) is 11.4 Å². The monoisotopic (exact) mass is 265 g/mol. The van der Waals surface area contributed by atoms with Crippen LogP contribution in [0.15, 0.2) is 18.2 Å². The maximum absolute atomic E-state index is 11.3. The summed E-state index contributed by atoms with van der Waals surface area (Å²) in [6.07, 6.45) is 0.976. The number of primary amides is 1. The third-order valence-electron chi connectivity index (χ3n) is 3.32. The minimum Gasteiger partial charge on any atom is -0.396 e. The van der Waals surface area contributed by atoms with Crippen molar-refractivity contribution < 1.29 is 9.53 Å². The number of hydrogen-bond acceptors (Lipinski definition) is 4. The van der Waals surface area contributed by atoms with Crippen LogP contribution in [0.3, 0.4) is 0 Å². The van der Waals surface area contributed by atoms with E-state index in [0.29, 0.717) is 23.9 Å². The SMILES string of the molecule is CCC(C)N(CCOC)c1cccc(C(N)=O)c1N. The van der Waals surface area contributed by atoms with E-state index in [9.17, 15) is 4.79 Å². The molecule has 0 aliphatic heterocycles. The number of ether oxygens (including phenoxy) is 1. The fourth-order valence-electron chi connectivity index (χ4n) is 2.01. The van der Waals surface area contributed by atoms with Crippen LogP contribution >= 0.6 is 0 Å². The summed E-state index contributed by atoms with van der Waals surface area (Å²) in [5.74, 6) is -0.504. The highest BCUT2D eigenvalue weighted by atomic mass is 16.5. The van der Waals surface area contributed by atoms with Gasteiger partial charge in [0, 0.05) is 19.7 Å². The van der Waals surface area contributed by atoms with E-state index in [4.69, 9.17) is 16.2 Å². The lowest BCUT2D eigenvalue weighted by Crippen LogP contribution is -2.36. The van der Waals surface area contributed by atoms with Gasteiger partial charge in [0.05, 0.1) is 23.5 Å². The second kappa shape index (κ2) is 6.99. The lowest BCUT2D eigenvalue weighted by molar-refractivity contribution is 0.100. The fraction of sp³-hybridized carbons (Fsp3) is 0.500. The van der Waals surface area contributed by atoms with Crippen molar-refractivity contribution in [1.29, 1.82) is 0 Å². The summed E-state index contributed by atoms with van der Waals surface area (Å²) in [6, 6.07) is 5.66. The van der Waals surface area contributed by atoms with Crippen molar-refractivity contribution in [3.05, 3.63) is 23.8 Å². The molecule has 4 N–H and O–H groups in total. The first-order valence-corrected chi connectivity index (χ1v) is 6.46. The van der Waals surface area contributed by atoms with E-state index in [1.807, 2.05) is 6.07 Å². The number of benzene rings is 1. The molecular weight excluding hydrogens is 242 g/mol. The minimum atomic E-state index is -0.504. The van der Waals surface area contributed by atoms with Gasteiger partial charge in [0.1, 0.15) is 0 Å². The van der Waals surface area contributed by atoms with Crippen molar-refractivity contribution in [3.8, 4) is 0 Å². The van der Waals surface area contributed by atoms with Crippen LogP contribution in [0.5, 0.6) is 0 Å². The number of anilines is 2. The smallest absolute Gasteiger partial charge is 0.250 e. The van der Waals surface area contributed by atoms with Crippen LogP contribution in [0.1, 0.15) is 30.6 Å². The van der Waals surface area contributed by atoms with Gasteiger partial charge in [-0.05, 0) is 25.5 Å². The molecule has 0 radical (unpaired) electrons. The van der Waals surface area contributed by atoms with E-state index in [0.717, 1.165) is 18.7 Å². The highest BCUT2D eigenvalue weighted by Crippen LogP contribution is 2.28. The number of rotatable bonds is 7. The predicted octanol–water partition coefficient (Wildman–Crippen LogP) is 1.62. The molecule has 1 atom stereocenters. The molecule has 0 aliphatic carbocycles. The quantitative estimate of drug-likeness (QED) is 0.734. The lowest BCUT2D eigenvalue weighted by atomic mass is 10.1. The second-order valence-corrected chi connectivity index (χ2v) is 4.55. The van der Waals surface area contributed by atoms with Crippen LogP contribution in [-0.4, -0.2) is 32.2 Å². The largest absolute Gasteiger partial charge is 0.396 e. The number of para-hydroxylation sites is 1. The Balaban J connectivity index is 3.14. The Labute approximate surface area is 114 Å². The van der Waals surface area contributed by atoms with E-state index in [1.165, 1.54) is 0 Å². The van der Waals surface area contributed by atoms with Crippen LogP contribution in [0.25, 0.3) is 0 Å². The molecule has 1 rings (SSSR count). The Kier molecular flexibility index (Phi) is 5.63. The molecule has 0 fully saturated rings. The van der Waals surface area contributed by atoms with Crippen LogP contribution in [0.2, 0.25) is 0 Å². The lowest BCUT2D eigenvalue weighted by Gasteiger charge is -2.32. The number of amides is 1. The summed E-state index contributed by atoms with van der Waals surface area (Å²) in [7, 11) is 1.66. The van der Waals surface area contributed by atoms with Gasteiger partial charge >= 0.3 is 0 Å². The molecule has 5 nitrogen and oxygen atoms in total. The van der Waals surface area contributed by atoms with E-state index >= 15 is 0 Å². The maximum Gasteiger partial charge on any atom is 0.250 e. The zero-order valence-corrected chi connectivity index (χ0v) is 11.8. The van der Waals surface area contributed by atoms with Crippen molar-refractivity contribution in [1.82, 2.24) is 0 Å². The zero-order valence-electron chi connectivity index (χ0n) is 11.8. The molecule has 106 valence electrons. The number of carbonyl (C=O) groups is 1. The Morgan fingerprint density at radius 1 is 1.47 bits per heavy atom. The molecule has 1 unspecified atom stereocenters. The Morgan fingerprint density at radius 3 is 2.68 bits per heavy atom. The van der Waals surface area contributed by atoms with Gasteiger partial charge in [0.15, 0.2) is 0 Å². The summed E-state index contributed by atoms with van der Waals surface area (Å²) in [4.78, 5) is 13.5. The number of methoxy groups -OCH3 is 1. The first-order valence-electron chi connectivity index (χ1n) is 6.46. The molecule has 0 heterocycles. The van der Waals surface area contributed by atoms with Gasteiger partial charge in [-0.25, -0.2) is 0 Å². The van der Waals surface area contributed by atoms with Crippen molar-refractivity contribution in [2.75, 3.05) is 30.9 Å². The Bertz CT molecular complexity index is 435. The van der Waals surface area contributed by atoms with E-state index in [1.54, 1.807) is 19.2 Å². The first-order chi connectivity index (χ1) is 9.02. The zero-order chi connectivity index (χ0) is 14.4. The molecule has 1 amide bonds. The molecule has 5 heteroatoms. The van der Waals surface area contributed by atoms with Gasteiger partial charge in [0.25, 0.3) is 5.91 Å². The van der Waals surface area contributed by atoms with Gasteiger partial charge in [-0.15, -0.1) is 0 Å². The fourth-order valence-corrected chi connectivity index (χ4v) is 2.01. The molecule has 1 aromatic rings. The highest BCUT2D eigenvalue weighted by molar-refractivity contribution is 6.00. The van der Waals surface area contributed by atoms with Crippen LogP contribution in [-0.2, 0) is 4.74 Å². The van der Waals surface area contributed by atoms with Crippen molar-refractivity contribution in [2.45, 2.75) is 26.3 Å². The van der Waals surface area contributed by atoms with Crippen LogP contribution < -0.4 is 16.4 Å². The van der Waals surface area contributed by atoms with Gasteiger partial charge in [0.2, 0.25) is 0 Å². The molecule has 0 bridgehead atoms. The number of nitrogens with two attached hydrogens (primary N) is 2. The molecule has 1 aromatic carbocycles. The van der Waals surface area contributed by atoms with E-state index < -0.39 is 5.91 Å². The average Bonchev–Trinajstić information content (AvgIpc) is 2.39. The Hall–Kier alpha value is -1.75. The van der Waals surface area contributed by atoms with Gasteiger partial charge in [-0.2, -0.15) is 0 Å². The second-order valence-electron chi connectivity index (χ2n) is 4.55. The average molecular weight is 265 g/mol. The third-order valence-corrected chi connectivity index (χ3v) is 3.32. The van der Waals surface area contributed by atoms with Crippen molar-refractivity contribution in [3.63, 3.8) is 0 Å². The normalized spacial score (nSPS) is 12.2. The first kappa shape index (κ1) is 15.3. The highest BCUT2D eigenvalue weighted by Gasteiger charge is 2.18.